The first-order valence-electron chi connectivity index (χ1n) is 7.06. The number of aryl methyl sites for hydroxylation is 3. The minimum Gasteiger partial charge on any atom is -0.491 e. The summed E-state index contributed by atoms with van der Waals surface area (Å²) in [5.41, 5.74) is 3.06. The molecule has 2 aromatic rings. The fraction of sp³-hybridized carbons (Fsp3) is 0.438. The summed E-state index contributed by atoms with van der Waals surface area (Å²) in [4.78, 5) is 0. The maximum Gasteiger partial charge on any atom is 0.138 e. The van der Waals surface area contributed by atoms with Gasteiger partial charge in [0.2, 0.25) is 0 Å². The van der Waals surface area contributed by atoms with Gasteiger partial charge in [-0.2, -0.15) is 0 Å². The van der Waals surface area contributed by atoms with E-state index in [1.54, 1.807) is 0 Å². The molecule has 1 aromatic carbocycles. The molecule has 5 nitrogen and oxygen atoms in total. The average Bonchev–Trinajstić information content (AvgIpc) is 2.77. The Bertz CT molecular complexity index is 561. The van der Waals surface area contributed by atoms with E-state index in [4.69, 9.17) is 9.26 Å². The molecule has 0 aliphatic rings. The number of aliphatic hydroxyl groups excluding tert-OH is 1. The van der Waals surface area contributed by atoms with Gasteiger partial charge in [-0.25, -0.2) is 0 Å². The summed E-state index contributed by atoms with van der Waals surface area (Å²) < 4.78 is 10.7. The Morgan fingerprint density at radius 2 is 2.14 bits per heavy atom. The lowest BCUT2D eigenvalue weighted by atomic mass is 10.2. The highest BCUT2D eigenvalue weighted by molar-refractivity contribution is 5.27. The van der Waals surface area contributed by atoms with Crippen LogP contribution in [0.2, 0.25) is 0 Å². The Hall–Kier alpha value is -1.85. The lowest BCUT2D eigenvalue weighted by Crippen LogP contribution is -2.31. The van der Waals surface area contributed by atoms with Crippen LogP contribution in [0.25, 0.3) is 0 Å². The topological polar surface area (TPSA) is 67.5 Å². The largest absolute Gasteiger partial charge is 0.491 e. The highest BCUT2D eigenvalue weighted by atomic mass is 16.5. The normalized spacial score (nSPS) is 12.4. The molecule has 0 aliphatic carbocycles. The van der Waals surface area contributed by atoms with Crippen LogP contribution in [0.4, 0.5) is 0 Å². The van der Waals surface area contributed by atoms with Crippen LogP contribution < -0.4 is 10.1 Å². The molecule has 0 bridgehead atoms. The Kier molecular flexibility index (Phi) is 5.36. The van der Waals surface area contributed by atoms with Crippen LogP contribution >= 0.6 is 0 Å². The van der Waals surface area contributed by atoms with Gasteiger partial charge < -0.3 is 19.7 Å². The third kappa shape index (κ3) is 4.58. The Labute approximate surface area is 124 Å². The van der Waals surface area contributed by atoms with Crippen molar-refractivity contribution in [1.82, 2.24) is 10.5 Å². The standard InChI is InChI=1S/C16H22N2O3/c1-11-5-4-6-15(7-11)20-10-14(19)8-17-9-16-12(2)18-21-13(16)3/h4-7,14,17,19H,8-10H2,1-3H3. The molecular formula is C16H22N2O3. The highest BCUT2D eigenvalue weighted by Gasteiger charge is 2.10. The fourth-order valence-corrected chi connectivity index (χ4v) is 2.07. The zero-order valence-corrected chi connectivity index (χ0v) is 12.7. The summed E-state index contributed by atoms with van der Waals surface area (Å²) in [6.07, 6.45) is -0.564. The molecule has 2 rings (SSSR count). The van der Waals surface area contributed by atoms with Gasteiger partial charge in [-0.15, -0.1) is 0 Å². The van der Waals surface area contributed by atoms with E-state index in [0.717, 1.165) is 28.3 Å². The molecule has 1 aromatic heterocycles. The monoisotopic (exact) mass is 290 g/mol. The number of ether oxygens (including phenoxy) is 1. The van der Waals surface area contributed by atoms with E-state index in [1.807, 2.05) is 45.0 Å². The maximum absolute atomic E-state index is 9.92. The van der Waals surface area contributed by atoms with Crippen molar-refractivity contribution in [3.05, 3.63) is 46.8 Å². The molecule has 114 valence electrons. The number of hydrogen-bond acceptors (Lipinski definition) is 5. The molecule has 0 saturated carbocycles. The van der Waals surface area contributed by atoms with Crippen LogP contribution in [0.5, 0.6) is 5.75 Å². The fourth-order valence-electron chi connectivity index (χ4n) is 2.07. The van der Waals surface area contributed by atoms with Crippen LogP contribution in [0.3, 0.4) is 0 Å². The van der Waals surface area contributed by atoms with Crippen LogP contribution in [0.1, 0.15) is 22.6 Å². The van der Waals surface area contributed by atoms with E-state index in [-0.39, 0.29) is 6.61 Å². The number of benzene rings is 1. The molecular weight excluding hydrogens is 268 g/mol. The average molecular weight is 290 g/mol. The second-order valence-electron chi connectivity index (χ2n) is 5.21. The molecule has 0 radical (unpaired) electrons. The Balaban J connectivity index is 1.71. The van der Waals surface area contributed by atoms with Crippen molar-refractivity contribution in [3.8, 4) is 5.75 Å². The second kappa shape index (κ2) is 7.24. The van der Waals surface area contributed by atoms with Gasteiger partial charge in [-0.05, 0) is 38.5 Å². The van der Waals surface area contributed by atoms with Crippen LogP contribution in [-0.2, 0) is 6.54 Å². The second-order valence-corrected chi connectivity index (χ2v) is 5.21. The van der Waals surface area contributed by atoms with E-state index < -0.39 is 6.10 Å². The summed E-state index contributed by atoms with van der Waals surface area (Å²) in [5.74, 6) is 1.59. The molecule has 0 saturated heterocycles. The van der Waals surface area contributed by atoms with Gasteiger partial charge in [0.25, 0.3) is 0 Å². The Morgan fingerprint density at radius 3 is 2.81 bits per heavy atom. The van der Waals surface area contributed by atoms with Crippen molar-refractivity contribution in [2.45, 2.75) is 33.4 Å². The van der Waals surface area contributed by atoms with Gasteiger partial charge in [0.05, 0.1) is 5.69 Å². The lowest BCUT2D eigenvalue weighted by Gasteiger charge is -2.13. The first-order chi connectivity index (χ1) is 10.1. The summed E-state index contributed by atoms with van der Waals surface area (Å²) in [5, 5.41) is 17.0. The highest BCUT2D eigenvalue weighted by Crippen LogP contribution is 2.13. The molecule has 0 fully saturated rings. The maximum atomic E-state index is 9.92. The van der Waals surface area contributed by atoms with Crippen LogP contribution in [0.15, 0.2) is 28.8 Å². The smallest absolute Gasteiger partial charge is 0.138 e. The number of hydrogen-bond donors (Lipinski definition) is 2. The van der Waals surface area contributed by atoms with Gasteiger partial charge in [0.1, 0.15) is 24.2 Å². The van der Waals surface area contributed by atoms with Crippen molar-refractivity contribution in [2.24, 2.45) is 0 Å². The molecule has 0 amide bonds. The minimum absolute atomic E-state index is 0.262. The van der Waals surface area contributed by atoms with E-state index in [0.29, 0.717) is 13.1 Å². The molecule has 1 heterocycles. The molecule has 0 aliphatic heterocycles. The first kappa shape index (κ1) is 15.5. The summed E-state index contributed by atoms with van der Waals surface area (Å²) in [6, 6.07) is 7.78. The molecule has 1 unspecified atom stereocenters. The molecule has 1 atom stereocenters. The molecule has 5 heteroatoms. The van der Waals surface area contributed by atoms with Crippen LogP contribution in [0, 0.1) is 20.8 Å². The van der Waals surface area contributed by atoms with Crippen molar-refractivity contribution in [3.63, 3.8) is 0 Å². The first-order valence-corrected chi connectivity index (χ1v) is 7.06. The quantitative estimate of drug-likeness (QED) is 0.817. The zero-order valence-electron chi connectivity index (χ0n) is 12.7. The van der Waals surface area contributed by atoms with Gasteiger partial charge in [-0.3, -0.25) is 0 Å². The van der Waals surface area contributed by atoms with Gasteiger partial charge in [0, 0.05) is 18.7 Å². The van der Waals surface area contributed by atoms with Gasteiger partial charge in [-0.1, -0.05) is 17.3 Å². The predicted molar refractivity (Wildman–Crippen MR) is 80.4 cm³/mol. The number of aliphatic hydroxyl groups is 1. The SMILES string of the molecule is Cc1cccc(OCC(O)CNCc2c(C)noc2C)c1. The van der Waals surface area contributed by atoms with Crippen LogP contribution in [-0.4, -0.2) is 29.5 Å². The molecule has 2 N–H and O–H groups in total. The number of nitrogens with zero attached hydrogens (tertiary/aromatic N) is 1. The van der Waals surface area contributed by atoms with Gasteiger partial charge in [0.15, 0.2) is 0 Å². The third-order valence-electron chi connectivity index (χ3n) is 3.29. The zero-order chi connectivity index (χ0) is 15.2. The van der Waals surface area contributed by atoms with Crippen molar-refractivity contribution < 1.29 is 14.4 Å². The molecule has 21 heavy (non-hydrogen) atoms. The van der Waals surface area contributed by atoms with Gasteiger partial charge >= 0.3 is 0 Å². The van der Waals surface area contributed by atoms with Crippen molar-refractivity contribution >= 4 is 0 Å². The predicted octanol–water partition coefficient (Wildman–Crippen LogP) is 2.13. The third-order valence-corrected chi connectivity index (χ3v) is 3.29. The summed E-state index contributed by atoms with van der Waals surface area (Å²) in [6.45, 7) is 7.14. The van der Waals surface area contributed by atoms with E-state index in [1.165, 1.54) is 0 Å². The number of nitrogens with one attached hydrogen (secondary N) is 1. The summed E-state index contributed by atoms with van der Waals surface area (Å²) >= 11 is 0. The Morgan fingerprint density at radius 1 is 1.33 bits per heavy atom. The minimum atomic E-state index is -0.564. The summed E-state index contributed by atoms with van der Waals surface area (Å²) in [7, 11) is 0. The van der Waals surface area contributed by atoms with E-state index >= 15 is 0 Å². The van der Waals surface area contributed by atoms with Crippen molar-refractivity contribution in [2.75, 3.05) is 13.2 Å². The number of rotatable bonds is 7. The number of aromatic nitrogens is 1. The van der Waals surface area contributed by atoms with Crippen molar-refractivity contribution in [1.29, 1.82) is 0 Å². The lowest BCUT2D eigenvalue weighted by molar-refractivity contribution is 0.106. The van der Waals surface area contributed by atoms with E-state index in [2.05, 4.69) is 10.5 Å². The van der Waals surface area contributed by atoms with E-state index in [9.17, 15) is 5.11 Å². The molecule has 0 spiro atoms.